The first kappa shape index (κ1) is 22.7. The number of amides is 1. The van der Waals surface area contributed by atoms with Crippen molar-refractivity contribution in [3.63, 3.8) is 0 Å². The number of aliphatic hydroxyl groups excluding tert-OH is 1. The summed E-state index contributed by atoms with van der Waals surface area (Å²) < 4.78 is 0. The number of hydroxylamine groups is 2. The van der Waals surface area contributed by atoms with Crippen LogP contribution >= 0.6 is 23.2 Å². The van der Waals surface area contributed by atoms with Crippen LogP contribution in [0, 0.1) is 0 Å². The van der Waals surface area contributed by atoms with Gasteiger partial charge in [-0.25, -0.2) is 5.06 Å². The van der Waals surface area contributed by atoms with Gasteiger partial charge < -0.3 is 10.8 Å². The summed E-state index contributed by atoms with van der Waals surface area (Å²) in [6.07, 6.45) is 2.25. The Kier molecular flexibility index (Phi) is 6.51. The molecule has 0 spiro atoms. The van der Waals surface area contributed by atoms with Crippen LogP contribution in [-0.4, -0.2) is 34.8 Å². The van der Waals surface area contributed by atoms with Crippen LogP contribution in [0.15, 0.2) is 60.8 Å². The van der Waals surface area contributed by atoms with Gasteiger partial charge in [0.1, 0.15) is 5.54 Å². The van der Waals surface area contributed by atoms with Gasteiger partial charge in [0, 0.05) is 47.1 Å². The number of carbonyl (C=O) groups excluding carboxylic acids is 1. The van der Waals surface area contributed by atoms with E-state index in [4.69, 9.17) is 33.8 Å². The molecule has 0 saturated carbocycles. The molecule has 2 heterocycles. The Morgan fingerprint density at radius 1 is 1.12 bits per heavy atom. The zero-order chi connectivity index (χ0) is 22.9. The third-order valence-electron chi connectivity index (χ3n) is 5.84. The number of benzene rings is 2. The average Bonchev–Trinajstić information content (AvgIpc) is 3.04. The number of pyridine rings is 1. The lowest BCUT2D eigenvalue weighted by Gasteiger charge is -2.39. The molecular formula is C24H23Cl2N3O3. The minimum atomic E-state index is -1.05. The lowest BCUT2D eigenvalue weighted by atomic mass is 9.76. The molecule has 8 heteroatoms. The molecule has 1 aliphatic rings. The zero-order valence-corrected chi connectivity index (χ0v) is 19.0. The Balaban J connectivity index is 2.03. The second-order valence-electron chi connectivity index (χ2n) is 7.68. The number of hydrogen-bond acceptors (Lipinski definition) is 5. The van der Waals surface area contributed by atoms with Crippen molar-refractivity contribution in [2.45, 2.75) is 24.4 Å². The number of aliphatic hydroxyl groups is 1. The third kappa shape index (κ3) is 3.78. The van der Waals surface area contributed by atoms with Gasteiger partial charge in [-0.1, -0.05) is 47.5 Å². The molecule has 1 aliphatic heterocycles. The number of carbonyl (C=O) groups is 1. The van der Waals surface area contributed by atoms with Crippen LogP contribution in [0.25, 0.3) is 0 Å². The Labute approximate surface area is 196 Å². The number of halogens is 2. The van der Waals surface area contributed by atoms with Gasteiger partial charge in [0.2, 0.25) is 0 Å². The molecule has 0 bridgehead atoms. The molecule has 1 amide bonds. The maximum Gasteiger partial charge on any atom is 0.279 e. The third-order valence-corrected chi connectivity index (χ3v) is 6.32. The molecular weight excluding hydrogens is 449 g/mol. The van der Waals surface area contributed by atoms with E-state index in [1.54, 1.807) is 36.5 Å². The molecule has 32 heavy (non-hydrogen) atoms. The van der Waals surface area contributed by atoms with E-state index in [2.05, 4.69) is 4.98 Å². The van der Waals surface area contributed by atoms with Gasteiger partial charge in [-0.05, 0) is 47.9 Å². The predicted octanol–water partition coefficient (Wildman–Crippen LogP) is 4.27. The Hall–Kier alpha value is -2.48. The smallest absolute Gasteiger partial charge is 0.279 e. The van der Waals surface area contributed by atoms with Crippen molar-refractivity contribution in [2.75, 3.05) is 13.7 Å². The topological polar surface area (TPSA) is 88.7 Å². The highest BCUT2D eigenvalue weighted by atomic mass is 35.5. The molecule has 3 aromatic rings. The van der Waals surface area contributed by atoms with Gasteiger partial charge in [-0.3, -0.25) is 14.6 Å². The SMILES string of the molecule is CON1C(=O)c2cccc(C(N)CCO)c2[C@@]1(Cc1ccc(Cl)cn1)c1ccc(Cl)cc1. The van der Waals surface area contributed by atoms with Crippen molar-refractivity contribution in [3.8, 4) is 0 Å². The van der Waals surface area contributed by atoms with Gasteiger partial charge in [-0.15, -0.1) is 0 Å². The lowest BCUT2D eigenvalue weighted by molar-refractivity contribution is -0.146. The Morgan fingerprint density at radius 3 is 2.47 bits per heavy atom. The van der Waals surface area contributed by atoms with E-state index in [1.165, 1.54) is 12.2 Å². The van der Waals surface area contributed by atoms with Crippen LogP contribution in [0.2, 0.25) is 10.0 Å². The van der Waals surface area contributed by atoms with E-state index >= 15 is 0 Å². The number of nitrogens with two attached hydrogens (primary N) is 1. The van der Waals surface area contributed by atoms with Gasteiger partial charge in [-0.2, -0.15) is 0 Å². The second kappa shape index (κ2) is 9.17. The predicted molar refractivity (Wildman–Crippen MR) is 123 cm³/mol. The molecule has 2 atom stereocenters. The largest absolute Gasteiger partial charge is 0.396 e. The quantitative estimate of drug-likeness (QED) is 0.536. The molecule has 1 unspecified atom stereocenters. The highest BCUT2D eigenvalue weighted by Crippen LogP contribution is 2.49. The van der Waals surface area contributed by atoms with Gasteiger partial charge in [0.25, 0.3) is 5.91 Å². The van der Waals surface area contributed by atoms with Crippen molar-refractivity contribution in [2.24, 2.45) is 5.73 Å². The Morgan fingerprint density at radius 2 is 1.84 bits per heavy atom. The van der Waals surface area contributed by atoms with Crippen LogP contribution in [0.5, 0.6) is 0 Å². The minimum Gasteiger partial charge on any atom is -0.396 e. The fourth-order valence-electron chi connectivity index (χ4n) is 4.46. The van der Waals surface area contributed by atoms with E-state index in [0.717, 1.165) is 22.4 Å². The van der Waals surface area contributed by atoms with E-state index in [-0.39, 0.29) is 12.5 Å². The number of rotatable bonds is 7. The maximum atomic E-state index is 13.5. The fraction of sp³-hybridized carbons (Fsp3) is 0.250. The zero-order valence-electron chi connectivity index (χ0n) is 17.5. The summed E-state index contributed by atoms with van der Waals surface area (Å²) in [7, 11) is 1.47. The van der Waals surface area contributed by atoms with Crippen molar-refractivity contribution in [1.29, 1.82) is 0 Å². The first-order valence-corrected chi connectivity index (χ1v) is 10.9. The average molecular weight is 472 g/mol. The highest BCUT2D eigenvalue weighted by molar-refractivity contribution is 6.30. The summed E-state index contributed by atoms with van der Waals surface area (Å²) in [6.45, 7) is -0.0700. The molecule has 1 aromatic heterocycles. The second-order valence-corrected chi connectivity index (χ2v) is 8.56. The van der Waals surface area contributed by atoms with Crippen LogP contribution in [0.3, 0.4) is 0 Å². The summed E-state index contributed by atoms with van der Waals surface area (Å²) in [4.78, 5) is 23.7. The summed E-state index contributed by atoms with van der Waals surface area (Å²) in [5.41, 5.74) is 8.95. The minimum absolute atomic E-state index is 0.0700. The van der Waals surface area contributed by atoms with Crippen LogP contribution in [0.1, 0.15) is 45.2 Å². The number of nitrogens with zero attached hydrogens (tertiary/aromatic N) is 2. The molecule has 6 nitrogen and oxygen atoms in total. The number of fused-ring (bicyclic) bond motifs is 1. The maximum absolute atomic E-state index is 13.5. The van der Waals surface area contributed by atoms with Crippen LogP contribution in [0.4, 0.5) is 0 Å². The standard InChI is InChI=1S/C24H23Cl2N3O3/c1-32-29-23(31)20-4-2-3-19(21(27)11-12-30)22(20)24(29,15-5-7-16(25)8-6-15)13-18-10-9-17(26)14-28-18/h2-10,14,21,30H,11-13,27H2,1H3/t21?,24-/m1/s1. The number of aromatic nitrogens is 1. The molecule has 0 fully saturated rings. The van der Waals surface area contributed by atoms with E-state index in [0.29, 0.717) is 28.5 Å². The normalized spacial score (nSPS) is 18.7. The summed E-state index contributed by atoms with van der Waals surface area (Å²) in [5.74, 6) is -0.274. The lowest BCUT2D eigenvalue weighted by Crippen LogP contribution is -2.46. The van der Waals surface area contributed by atoms with Crippen LogP contribution < -0.4 is 5.73 Å². The highest BCUT2D eigenvalue weighted by Gasteiger charge is 2.53. The Bertz CT molecular complexity index is 1120. The number of hydrogen-bond donors (Lipinski definition) is 2. The molecule has 2 aromatic carbocycles. The molecule has 4 rings (SSSR count). The first-order valence-electron chi connectivity index (χ1n) is 10.2. The molecule has 0 aliphatic carbocycles. The van der Waals surface area contributed by atoms with Crippen molar-refractivity contribution < 1.29 is 14.7 Å². The van der Waals surface area contributed by atoms with Crippen molar-refractivity contribution in [3.05, 3.63) is 98.8 Å². The van der Waals surface area contributed by atoms with Gasteiger partial charge in [0.15, 0.2) is 0 Å². The van der Waals surface area contributed by atoms with E-state index in [1.807, 2.05) is 24.3 Å². The van der Waals surface area contributed by atoms with E-state index in [9.17, 15) is 9.90 Å². The summed E-state index contributed by atoms with van der Waals surface area (Å²) >= 11 is 12.2. The molecule has 166 valence electrons. The van der Waals surface area contributed by atoms with Crippen molar-refractivity contribution in [1.82, 2.24) is 10.0 Å². The van der Waals surface area contributed by atoms with Gasteiger partial charge >= 0.3 is 0 Å². The molecule has 0 radical (unpaired) electrons. The fourth-order valence-corrected chi connectivity index (χ4v) is 4.70. The van der Waals surface area contributed by atoms with Gasteiger partial charge in [0.05, 0.1) is 12.1 Å². The molecule has 3 N–H and O–H groups in total. The first-order chi connectivity index (χ1) is 15.4. The summed E-state index contributed by atoms with van der Waals surface area (Å²) in [6, 6.07) is 15.9. The van der Waals surface area contributed by atoms with Crippen LogP contribution in [-0.2, 0) is 16.8 Å². The van der Waals surface area contributed by atoms with Crippen molar-refractivity contribution >= 4 is 29.1 Å². The molecule has 0 saturated heterocycles. The summed E-state index contributed by atoms with van der Waals surface area (Å²) in [5, 5.41) is 12.0. The van der Waals surface area contributed by atoms with E-state index < -0.39 is 11.6 Å². The monoisotopic (exact) mass is 471 g/mol.